The lowest BCUT2D eigenvalue weighted by molar-refractivity contribution is -0.152. The molecule has 0 aliphatic rings. The number of carboxylic acids is 1. The third kappa shape index (κ3) is 4.94. The van der Waals surface area contributed by atoms with Gasteiger partial charge in [0.25, 0.3) is 0 Å². The summed E-state index contributed by atoms with van der Waals surface area (Å²) in [5, 5.41) is 13.0. The predicted molar refractivity (Wildman–Crippen MR) is 128 cm³/mol. The summed E-state index contributed by atoms with van der Waals surface area (Å²) in [5.41, 5.74) is 2.24. The second-order valence-corrected chi connectivity index (χ2v) is 8.59. The standard InChI is InChI=1S/C27H27FN2O4/c1-4-21(19-9-5-7-11-23(19)34-27(2,3)26(31)32)29-16-17-13-14-18(28)15-20(17)25-30-22-10-6-8-12-24(22)33-25/h5-15,21,29H,4,16H2,1-3H3,(H,31,32). The van der Waals surface area contributed by atoms with Crippen LogP contribution in [0.3, 0.4) is 0 Å². The van der Waals surface area contributed by atoms with Crippen molar-refractivity contribution in [2.45, 2.75) is 45.4 Å². The SMILES string of the molecule is CCC(NCc1ccc(F)cc1-c1nc2ccccc2o1)c1ccccc1OC(C)(C)C(=O)O. The van der Waals surface area contributed by atoms with E-state index in [1.165, 1.54) is 26.0 Å². The van der Waals surface area contributed by atoms with Gasteiger partial charge in [-0.1, -0.05) is 43.3 Å². The zero-order valence-electron chi connectivity index (χ0n) is 19.3. The maximum absolute atomic E-state index is 14.1. The molecule has 0 bridgehead atoms. The summed E-state index contributed by atoms with van der Waals surface area (Å²) in [6, 6.07) is 19.2. The first-order chi connectivity index (χ1) is 16.3. The number of aliphatic carboxylic acids is 1. The highest BCUT2D eigenvalue weighted by atomic mass is 19.1. The van der Waals surface area contributed by atoms with E-state index in [9.17, 15) is 14.3 Å². The number of nitrogens with one attached hydrogen (secondary N) is 1. The Bertz CT molecular complexity index is 1280. The monoisotopic (exact) mass is 462 g/mol. The fourth-order valence-electron chi connectivity index (χ4n) is 3.78. The van der Waals surface area contributed by atoms with Gasteiger partial charge in [-0.3, -0.25) is 0 Å². The second kappa shape index (κ2) is 9.65. The Kier molecular flexibility index (Phi) is 6.65. The summed E-state index contributed by atoms with van der Waals surface area (Å²) >= 11 is 0. The number of oxazole rings is 1. The molecule has 7 heteroatoms. The smallest absolute Gasteiger partial charge is 0.347 e. The molecule has 0 spiro atoms. The molecule has 1 unspecified atom stereocenters. The van der Waals surface area contributed by atoms with Crippen molar-refractivity contribution in [1.82, 2.24) is 10.3 Å². The summed E-state index contributed by atoms with van der Waals surface area (Å²) < 4.78 is 25.9. The molecule has 176 valence electrons. The summed E-state index contributed by atoms with van der Waals surface area (Å²) in [5.74, 6) is -0.551. The van der Waals surface area contributed by atoms with Gasteiger partial charge in [0.05, 0.1) is 0 Å². The third-order valence-electron chi connectivity index (χ3n) is 5.72. The lowest BCUT2D eigenvalue weighted by Crippen LogP contribution is -2.38. The molecule has 0 saturated carbocycles. The number of hydrogen-bond acceptors (Lipinski definition) is 5. The first-order valence-corrected chi connectivity index (χ1v) is 11.2. The molecule has 0 saturated heterocycles. The molecular weight excluding hydrogens is 435 g/mol. The highest BCUT2D eigenvalue weighted by Crippen LogP contribution is 2.32. The van der Waals surface area contributed by atoms with Gasteiger partial charge < -0.3 is 19.6 Å². The van der Waals surface area contributed by atoms with E-state index in [0.717, 1.165) is 17.5 Å². The van der Waals surface area contributed by atoms with Gasteiger partial charge in [0.15, 0.2) is 11.2 Å². The third-order valence-corrected chi connectivity index (χ3v) is 5.72. The van der Waals surface area contributed by atoms with Crippen LogP contribution in [0.25, 0.3) is 22.6 Å². The van der Waals surface area contributed by atoms with Crippen molar-refractivity contribution in [2.75, 3.05) is 0 Å². The Labute approximate surface area is 197 Å². The Balaban J connectivity index is 1.61. The first kappa shape index (κ1) is 23.4. The van der Waals surface area contributed by atoms with E-state index in [1.54, 1.807) is 12.1 Å². The largest absolute Gasteiger partial charge is 0.478 e. The predicted octanol–water partition coefficient (Wildman–Crippen LogP) is 6.12. The quantitative estimate of drug-likeness (QED) is 0.312. The molecule has 4 aromatic rings. The van der Waals surface area contributed by atoms with Gasteiger partial charge >= 0.3 is 5.97 Å². The maximum Gasteiger partial charge on any atom is 0.347 e. The van der Waals surface area contributed by atoms with Crippen LogP contribution in [0, 0.1) is 5.82 Å². The number of nitrogens with zero attached hydrogens (tertiary/aromatic N) is 1. The number of ether oxygens (including phenoxy) is 1. The Morgan fingerprint density at radius 2 is 1.88 bits per heavy atom. The number of aromatic nitrogens is 1. The van der Waals surface area contributed by atoms with Crippen LogP contribution >= 0.6 is 0 Å². The van der Waals surface area contributed by atoms with Crippen LogP contribution in [0.15, 0.2) is 71.1 Å². The fraction of sp³-hybridized carbons (Fsp3) is 0.259. The van der Waals surface area contributed by atoms with Crippen molar-refractivity contribution in [1.29, 1.82) is 0 Å². The molecule has 4 rings (SSSR count). The number of halogens is 1. The van der Waals surface area contributed by atoms with Crippen LogP contribution in [0.2, 0.25) is 0 Å². The van der Waals surface area contributed by atoms with Gasteiger partial charge in [-0.25, -0.2) is 14.2 Å². The van der Waals surface area contributed by atoms with Crippen molar-refractivity contribution in [3.8, 4) is 17.2 Å². The number of hydrogen-bond donors (Lipinski definition) is 2. The molecule has 34 heavy (non-hydrogen) atoms. The lowest BCUT2D eigenvalue weighted by Gasteiger charge is -2.26. The van der Waals surface area contributed by atoms with E-state index in [1.807, 2.05) is 49.4 Å². The minimum Gasteiger partial charge on any atom is -0.478 e. The van der Waals surface area contributed by atoms with Gasteiger partial charge in [0.1, 0.15) is 17.1 Å². The Morgan fingerprint density at radius 3 is 2.62 bits per heavy atom. The van der Waals surface area contributed by atoms with E-state index in [0.29, 0.717) is 34.8 Å². The molecule has 2 N–H and O–H groups in total. The average molecular weight is 463 g/mol. The molecule has 1 atom stereocenters. The zero-order chi connectivity index (χ0) is 24.3. The molecule has 0 amide bonds. The number of carbonyl (C=O) groups is 1. The van der Waals surface area contributed by atoms with Crippen molar-refractivity contribution < 1.29 is 23.4 Å². The lowest BCUT2D eigenvalue weighted by atomic mass is 10.0. The molecular formula is C27H27FN2O4. The Hall–Kier alpha value is -3.71. The van der Waals surface area contributed by atoms with E-state index in [4.69, 9.17) is 9.15 Å². The maximum atomic E-state index is 14.1. The minimum absolute atomic E-state index is 0.123. The van der Waals surface area contributed by atoms with Gasteiger partial charge in [0.2, 0.25) is 5.89 Å². The van der Waals surface area contributed by atoms with Crippen LogP contribution in [-0.2, 0) is 11.3 Å². The van der Waals surface area contributed by atoms with Crippen molar-refractivity contribution in [3.63, 3.8) is 0 Å². The van der Waals surface area contributed by atoms with Gasteiger partial charge in [0, 0.05) is 23.7 Å². The van der Waals surface area contributed by atoms with Gasteiger partial charge in [-0.2, -0.15) is 0 Å². The van der Waals surface area contributed by atoms with E-state index >= 15 is 0 Å². The normalized spacial score (nSPS) is 12.6. The summed E-state index contributed by atoms with van der Waals surface area (Å²) in [7, 11) is 0. The van der Waals surface area contributed by atoms with Crippen LogP contribution in [0.4, 0.5) is 4.39 Å². The number of benzene rings is 3. The van der Waals surface area contributed by atoms with E-state index in [-0.39, 0.29) is 11.9 Å². The van der Waals surface area contributed by atoms with Crippen LogP contribution in [-0.4, -0.2) is 21.7 Å². The van der Waals surface area contributed by atoms with Crippen molar-refractivity contribution in [3.05, 3.63) is 83.7 Å². The van der Waals surface area contributed by atoms with Crippen LogP contribution < -0.4 is 10.1 Å². The highest BCUT2D eigenvalue weighted by Gasteiger charge is 2.31. The van der Waals surface area contributed by atoms with Crippen molar-refractivity contribution >= 4 is 17.1 Å². The fourth-order valence-corrected chi connectivity index (χ4v) is 3.78. The summed E-state index contributed by atoms with van der Waals surface area (Å²) in [6.07, 6.45) is 0.729. The number of para-hydroxylation sites is 3. The number of carboxylic acid groups (broad SMARTS) is 1. The van der Waals surface area contributed by atoms with E-state index in [2.05, 4.69) is 10.3 Å². The highest BCUT2D eigenvalue weighted by molar-refractivity contribution is 5.77. The van der Waals surface area contributed by atoms with Crippen molar-refractivity contribution in [2.24, 2.45) is 0 Å². The Morgan fingerprint density at radius 1 is 1.15 bits per heavy atom. The minimum atomic E-state index is -1.37. The van der Waals surface area contributed by atoms with Crippen LogP contribution in [0.1, 0.15) is 44.4 Å². The molecule has 0 radical (unpaired) electrons. The molecule has 1 heterocycles. The number of rotatable bonds is 9. The van der Waals surface area contributed by atoms with Gasteiger partial charge in [-0.15, -0.1) is 0 Å². The average Bonchev–Trinajstić information content (AvgIpc) is 3.25. The zero-order valence-corrected chi connectivity index (χ0v) is 19.3. The number of fused-ring (bicyclic) bond motifs is 1. The molecule has 0 aliphatic carbocycles. The molecule has 3 aromatic carbocycles. The summed E-state index contributed by atoms with van der Waals surface area (Å²) in [6.45, 7) is 5.49. The summed E-state index contributed by atoms with van der Waals surface area (Å²) in [4.78, 5) is 16.1. The van der Waals surface area contributed by atoms with E-state index < -0.39 is 11.6 Å². The van der Waals surface area contributed by atoms with Crippen LogP contribution in [0.5, 0.6) is 5.75 Å². The molecule has 1 aromatic heterocycles. The first-order valence-electron chi connectivity index (χ1n) is 11.2. The van der Waals surface area contributed by atoms with Gasteiger partial charge in [-0.05, 0) is 56.2 Å². The molecule has 6 nitrogen and oxygen atoms in total. The topological polar surface area (TPSA) is 84.6 Å². The second-order valence-electron chi connectivity index (χ2n) is 8.59. The molecule has 0 fully saturated rings. The molecule has 0 aliphatic heterocycles.